The summed E-state index contributed by atoms with van der Waals surface area (Å²) in [5, 5.41) is 0. The third-order valence-electron chi connectivity index (χ3n) is 3.91. The molecule has 6 heteroatoms. The molecule has 118 valence electrons. The maximum Gasteiger partial charge on any atom is 0.244 e. The number of ether oxygens (including phenoxy) is 1. The minimum absolute atomic E-state index is 0.0113. The van der Waals surface area contributed by atoms with Crippen LogP contribution in [0.25, 0.3) is 0 Å². The van der Waals surface area contributed by atoms with Gasteiger partial charge in [-0.1, -0.05) is 35.7 Å². The van der Waals surface area contributed by atoms with Gasteiger partial charge in [0.15, 0.2) is 0 Å². The summed E-state index contributed by atoms with van der Waals surface area (Å²) in [5.41, 5.74) is 0. The molecule has 2 atom stereocenters. The van der Waals surface area contributed by atoms with Gasteiger partial charge in [0.25, 0.3) is 0 Å². The van der Waals surface area contributed by atoms with Gasteiger partial charge in [0.2, 0.25) is 10.0 Å². The lowest BCUT2D eigenvalue weighted by molar-refractivity contribution is 0.308. The first-order chi connectivity index (χ1) is 9.94. The van der Waals surface area contributed by atoms with Gasteiger partial charge in [-0.15, -0.1) is 0 Å². The van der Waals surface area contributed by atoms with E-state index in [0.29, 0.717) is 18.3 Å². The van der Waals surface area contributed by atoms with Gasteiger partial charge in [-0.2, -0.15) is 0 Å². The maximum absolute atomic E-state index is 12.7. The van der Waals surface area contributed by atoms with Gasteiger partial charge >= 0.3 is 0 Å². The SMILES string of the molecule is CCOc1ccc(Br)cc1S(=O)(=O)N[C@@H]1CCCC[C@H]1C. The van der Waals surface area contributed by atoms with Gasteiger partial charge in [0.1, 0.15) is 10.6 Å². The first-order valence-corrected chi connectivity index (χ1v) is 9.66. The van der Waals surface area contributed by atoms with E-state index < -0.39 is 10.0 Å². The zero-order valence-corrected chi connectivity index (χ0v) is 14.8. The number of halogens is 1. The predicted molar refractivity (Wildman–Crippen MR) is 87.1 cm³/mol. The summed E-state index contributed by atoms with van der Waals surface area (Å²) in [6.07, 6.45) is 4.23. The first-order valence-electron chi connectivity index (χ1n) is 7.38. The molecular formula is C15H22BrNO3S. The Hall–Kier alpha value is -0.590. The van der Waals surface area contributed by atoms with Crippen LogP contribution in [0.5, 0.6) is 5.75 Å². The topological polar surface area (TPSA) is 55.4 Å². The molecule has 1 aromatic rings. The van der Waals surface area contributed by atoms with Gasteiger partial charge in [-0.25, -0.2) is 13.1 Å². The van der Waals surface area contributed by atoms with E-state index in [1.165, 1.54) is 6.42 Å². The summed E-state index contributed by atoms with van der Waals surface area (Å²) in [5.74, 6) is 0.771. The van der Waals surface area contributed by atoms with Crippen LogP contribution in [0.1, 0.15) is 39.5 Å². The monoisotopic (exact) mass is 375 g/mol. The lowest BCUT2D eigenvalue weighted by Crippen LogP contribution is -2.41. The fraction of sp³-hybridized carbons (Fsp3) is 0.600. The number of benzene rings is 1. The molecule has 21 heavy (non-hydrogen) atoms. The summed E-state index contributed by atoms with van der Waals surface area (Å²) in [7, 11) is -3.57. The van der Waals surface area contributed by atoms with Crippen molar-refractivity contribution in [2.24, 2.45) is 5.92 Å². The highest BCUT2D eigenvalue weighted by Crippen LogP contribution is 2.30. The van der Waals surface area contributed by atoms with Crippen LogP contribution in [0.2, 0.25) is 0 Å². The first kappa shape index (κ1) is 16.8. The van der Waals surface area contributed by atoms with Gasteiger partial charge in [0.05, 0.1) is 6.61 Å². The fourth-order valence-corrected chi connectivity index (χ4v) is 4.78. The van der Waals surface area contributed by atoms with Gasteiger partial charge in [0, 0.05) is 10.5 Å². The summed E-state index contributed by atoms with van der Waals surface area (Å²) < 4.78 is 34.4. The molecule has 0 amide bonds. The number of rotatable bonds is 5. The Labute approximate surface area is 135 Å². The third-order valence-corrected chi connectivity index (χ3v) is 5.92. The molecule has 0 spiro atoms. The largest absolute Gasteiger partial charge is 0.492 e. The number of hydrogen-bond donors (Lipinski definition) is 1. The highest BCUT2D eigenvalue weighted by molar-refractivity contribution is 9.10. The lowest BCUT2D eigenvalue weighted by atomic mass is 9.87. The van der Waals surface area contributed by atoms with Crippen LogP contribution >= 0.6 is 15.9 Å². The summed E-state index contributed by atoms with van der Waals surface area (Å²) in [4.78, 5) is 0.205. The van der Waals surface area contributed by atoms with Crippen LogP contribution in [-0.4, -0.2) is 21.1 Å². The van der Waals surface area contributed by atoms with Crippen LogP contribution in [0.3, 0.4) is 0 Å². The van der Waals surface area contributed by atoms with Crippen LogP contribution in [0.4, 0.5) is 0 Å². The fourth-order valence-electron chi connectivity index (χ4n) is 2.72. The summed E-state index contributed by atoms with van der Waals surface area (Å²) in [6, 6.07) is 5.08. The van der Waals surface area contributed by atoms with Gasteiger partial charge in [-0.05, 0) is 43.9 Å². The quantitative estimate of drug-likeness (QED) is 0.853. The van der Waals surface area contributed by atoms with Crippen molar-refractivity contribution in [2.75, 3.05) is 6.61 Å². The van der Waals surface area contributed by atoms with Crippen LogP contribution in [0, 0.1) is 5.92 Å². The maximum atomic E-state index is 12.7. The standard InChI is InChI=1S/C15H22BrNO3S/c1-3-20-14-9-8-12(16)10-15(14)21(18,19)17-13-7-5-4-6-11(13)2/h8-11,13,17H,3-7H2,1-2H3/t11-,13-/m1/s1. The van der Waals surface area contributed by atoms with Crippen LogP contribution < -0.4 is 9.46 Å². The third kappa shape index (κ3) is 4.20. The van der Waals surface area contributed by atoms with E-state index in [1.807, 2.05) is 6.92 Å². The molecule has 1 saturated carbocycles. The molecule has 1 N–H and O–H groups in total. The van der Waals surface area contributed by atoms with E-state index in [0.717, 1.165) is 23.7 Å². The molecule has 1 aliphatic carbocycles. The molecule has 1 fully saturated rings. The van der Waals surface area contributed by atoms with Crippen LogP contribution in [0.15, 0.2) is 27.6 Å². The summed E-state index contributed by atoms with van der Waals surface area (Å²) in [6.45, 7) is 4.38. The van der Waals surface area contributed by atoms with E-state index in [2.05, 4.69) is 27.6 Å². The second-order valence-electron chi connectivity index (χ2n) is 5.51. The van der Waals surface area contributed by atoms with Crippen molar-refractivity contribution >= 4 is 26.0 Å². The summed E-state index contributed by atoms with van der Waals surface area (Å²) >= 11 is 3.33. The Bertz CT molecular complexity index is 589. The van der Waals surface area contributed by atoms with E-state index in [9.17, 15) is 8.42 Å². The number of sulfonamides is 1. The molecule has 2 rings (SSSR count). The average molecular weight is 376 g/mol. The van der Waals surface area contributed by atoms with Crippen molar-refractivity contribution in [1.29, 1.82) is 0 Å². The Morgan fingerprint density at radius 3 is 2.71 bits per heavy atom. The Kier molecular flexibility index (Phi) is 5.68. The molecule has 0 aliphatic heterocycles. The van der Waals surface area contributed by atoms with Crippen LogP contribution in [-0.2, 0) is 10.0 Å². The van der Waals surface area contributed by atoms with Crippen molar-refractivity contribution in [2.45, 2.75) is 50.5 Å². The van der Waals surface area contributed by atoms with E-state index in [1.54, 1.807) is 18.2 Å². The van der Waals surface area contributed by atoms with Crippen molar-refractivity contribution in [3.05, 3.63) is 22.7 Å². The normalized spacial score (nSPS) is 23.0. The van der Waals surface area contributed by atoms with Crippen molar-refractivity contribution in [1.82, 2.24) is 4.72 Å². The highest BCUT2D eigenvalue weighted by Gasteiger charge is 2.28. The molecule has 0 unspecified atom stereocenters. The van der Waals surface area contributed by atoms with E-state index >= 15 is 0 Å². The molecular weight excluding hydrogens is 354 g/mol. The zero-order chi connectivity index (χ0) is 15.5. The van der Waals surface area contributed by atoms with Crippen molar-refractivity contribution in [3.63, 3.8) is 0 Å². The second-order valence-corrected chi connectivity index (χ2v) is 8.11. The minimum Gasteiger partial charge on any atom is -0.492 e. The Morgan fingerprint density at radius 1 is 1.33 bits per heavy atom. The molecule has 0 bridgehead atoms. The minimum atomic E-state index is -3.57. The second kappa shape index (κ2) is 7.11. The molecule has 0 heterocycles. The van der Waals surface area contributed by atoms with Crippen molar-refractivity contribution < 1.29 is 13.2 Å². The van der Waals surface area contributed by atoms with Gasteiger partial charge in [-0.3, -0.25) is 0 Å². The number of hydrogen-bond acceptors (Lipinski definition) is 3. The highest BCUT2D eigenvalue weighted by atomic mass is 79.9. The Balaban J connectivity index is 2.28. The molecule has 1 aromatic carbocycles. The smallest absolute Gasteiger partial charge is 0.244 e. The molecule has 1 aliphatic rings. The van der Waals surface area contributed by atoms with E-state index in [4.69, 9.17) is 4.74 Å². The molecule has 0 saturated heterocycles. The predicted octanol–water partition coefficient (Wildman–Crippen LogP) is 3.70. The zero-order valence-electron chi connectivity index (χ0n) is 12.4. The van der Waals surface area contributed by atoms with E-state index in [-0.39, 0.29) is 10.9 Å². The van der Waals surface area contributed by atoms with Crippen molar-refractivity contribution in [3.8, 4) is 5.75 Å². The molecule has 4 nitrogen and oxygen atoms in total. The average Bonchev–Trinajstić information content (AvgIpc) is 2.43. The molecule has 0 radical (unpaired) electrons. The number of nitrogens with one attached hydrogen (secondary N) is 1. The lowest BCUT2D eigenvalue weighted by Gasteiger charge is -2.29. The molecule has 0 aromatic heterocycles. The Morgan fingerprint density at radius 2 is 2.05 bits per heavy atom. The van der Waals surface area contributed by atoms with Gasteiger partial charge < -0.3 is 4.74 Å².